The van der Waals surface area contributed by atoms with Gasteiger partial charge in [-0.1, -0.05) is 36.4 Å². The maximum absolute atomic E-state index is 4.15. The summed E-state index contributed by atoms with van der Waals surface area (Å²) in [6.45, 7) is 3.68. The molecule has 1 nitrogen and oxygen atoms in total. The van der Waals surface area contributed by atoms with Crippen molar-refractivity contribution in [1.29, 1.82) is 0 Å². The zero-order valence-corrected chi connectivity index (χ0v) is 7.27. The molecule has 0 fully saturated rings. The quantitative estimate of drug-likeness (QED) is 0.637. The van der Waals surface area contributed by atoms with Crippen LogP contribution >= 0.6 is 0 Å². The van der Waals surface area contributed by atoms with E-state index in [9.17, 15) is 0 Å². The van der Waals surface area contributed by atoms with Crippen LogP contribution in [0.2, 0.25) is 0 Å². The molecule has 0 saturated carbocycles. The van der Waals surface area contributed by atoms with Gasteiger partial charge in [0, 0.05) is 23.3 Å². The summed E-state index contributed by atoms with van der Waals surface area (Å²) in [6.07, 6.45) is 7.47. The summed E-state index contributed by atoms with van der Waals surface area (Å²) in [4.78, 5) is 4.15. The minimum absolute atomic E-state index is 1.12. The van der Waals surface area contributed by atoms with E-state index in [-0.39, 0.29) is 0 Å². The predicted octanol–water partition coefficient (Wildman–Crippen LogP) is 3.08. The summed E-state index contributed by atoms with van der Waals surface area (Å²) in [6, 6.07) is 8.19. The molecule has 1 radical (unpaired) electrons. The third-order valence-corrected chi connectivity index (χ3v) is 2.00. The van der Waals surface area contributed by atoms with Gasteiger partial charge in [-0.15, -0.1) is 0 Å². The summed E-state index contributed by atoms with van der Waals surface area (Å²) in [5.74, 6) is 0. The van der Waals surface area contributed by atoms with Crippen LogP contribution < -0.4 is 0 Å². The van der Waals surface area contributed by atoms with E-state index in [1.807, 2.05) is 30.6 Å². The SMILES string of the molecule is [CH2]/C=C/c1cncc2ccccc12. The molecule has 0 unspecified atom stereocenters. The molecule has 0 aliphatic carbocycles. The molecule has 1 aromatic carbocycles. The number of benzene rings is 1. The third-order valence-electron chi connectivity index (χ3n) is 2.00. The Morgan fingerprint density at radius 3 is 2.85 bits per heavy atom. The number of fused-ring (bicyclic) bond motifs is 1. The fourth-order valence-electron chi connectivity index (χ4n) is 1.40. The van der Waals surface area contributed by atoms with E-state index in [0.29, 0.717) is 0 Å². The number of nitrogens with zero attached hydrogens (tertiary/aromatic N) is 1. The Balaban J connectivity index is 2.75. The summed E-state index contributed by atoms with van der Waals surface area (Å²) < 4.78 is 0. The molecule has 2 rings (SSSR count). The molecule has 13 heavy (non-hydrogen) atoms. The van der Waals surface area contributed by atoms with E-state index >= 15 is 0 Å². The van der Waals surface area contributed by atoms with E-state index in [1.165, 1.54) is 5.39 Å². The largest absolute Gasteiger partial charge is 0.263 e. The van der Waals surface area contributed by atoms with Gasteiger partial charge in [-0.25, -0.2) is 0 Å². The lowest BCUT2D eigenvalue weighted by molar-refractivity contribution is 1.35. The van der Waals surface area contributed by atoms with E-state index in [0.717, 1.165) is 10.9 Å². The summed E-state index contributed by atoms with van der Waals surface area (Å²) in [5.41, 5.74) is 1.12. The maximum Gasteiger partial charge on any atom is 0.0346 e. The van der Waals surface area contributed by atoms with Crippen molar-refractivity contribution < 1.29 is 0 Å². The summed E-state index contributed by atoms with van der Waals surface area (Å²) in [7, 11) is 0. The van der Waals surface area contributed by atoms with E-state index in [1.54, 1.807) is 6.08 Å². The molecule has 0 spiro atoms. The molecule has 2 aromatic rings. The van der Waals surface area contributed by atoms with Crippen LogP contribution in [-0.2, 0) is 0 Å². The average molecular weight is 168 g/mol. The molecule has 0 amide bonds. The van der Waals surface area contributed by atoms with Gasteiger partial charge in [-0.05, 0) is 12.3 Å². The number of hydrogen-bond donors (Lipinski definition) is 0. The highest BCUT2D eigenvalue weighted by Crippen LogP contribution is 2.17. The lowest BCUT2D eigenvalue weighted by Crippen LogP contribution is -1.80. The highest BCUT2D eigenvalue weighted by atomic mass is 14.6. The van der Waals surface area contributed by atoms with Crippen LogP contribution in [0.15, 0.2) is 42.7 Å². The summed E-state index contributed by atoms with van der Waals surface area (Å²) >= 11 is 0. The number of pyridine rings is 1. The minimum Gasteiger partial charge on any atom is -0.263 e. The van der Waals surface area contributed by atoms with Crippen LogP contribution in [0.1, 0.15) is 5.56 Å². The van der Waals surface area contributed by atoms with Crippen molar-refractivity contribution in [3.63, 3.8) is 0 Å². The van der Waals surface area contributed by atoms with Crippen molar-refractivity contribution >= 4 is 16.8 Å². The van der Waals surface area contributed by atoms with Crippen LogP contribution in [0.3, 0.4) is 0 Å². The Morgan fingerprint density at radius 1 is 1.15 bits per heavy atom. The van der Waals surface area contributed by atoms with Crippen molar-refractivity contribution in [2.75, 3.05) is 0 Å². The zero-order valence-electron chi connectivity index (χ0n) is 7.27. The summed E-state index contributed by atoms with van der Waals surface area (Å²) in [5, 5.41) is 2.38. The van der Waals surface area contributed by atoms with Crippen molar-refractivity contribution in [1.82, 2.24) is 4.98 Å². The van der Waals surface area contributed by atoms with Crippen LogP contribution in [0.5, 0.6) is 0 Å². The van der Waals surface area contributed by atoms with Crippen molar-refractivity contribution in [2.24, 2.45) is 0 Å². The molecule has 0 aliphatic rings. The zero-order chi connectivity index (χ0) is 9.10. The lowest BCUT2D eigenvalue weighted by Gasteiger charge is -1.99. The van der Waals surface area contributed by atoms with Crippen LogP contribution in [0.25, 0.3) is 16.8 Å². The maximum atomic E-state index is 4.15. The van der Waals surface area contributed by atoms with Gasteiger partial charge in [0.15, 0.2) is 0 Å². The molecule has 1 heterocycles. The molecule has 0 atom stereocenters. The molecular weight excluding hydrogens is 158 g/mol. The standard InChI is InChI=1S/C12H10N/c1-2-5-10-8-13-9-11-6-3-4-7-12(10)11/h2-9H,1H2/b5-2+. The van der Waals surface area contributed by atoms with Crippen molar-refractivity contribution in [2.45, 2.75) is 0 Å². The Bertz CT molecular complexity index is 438. The van der Waals surface area contributed by atoms with Gasteiger partial charge in [0.05, 0.1) is 0 Å². The van der Waals surface area contributed by atoms with Crippen LogP contribution in [0, 0.1) is 6.92 Å². The first-order valence-electron chi connectivity index (χ1n) is 4.20. The Morgan fingerprint density at radius 2 is 2.00 bits per heavy atom. The van der Waals surface area contributed by atoms with E-state index < -0.39 is 0 Å². The number of hydrogen-bond acceptors (Lipinski definition) is 1. The molecule has 0 N–H and O–H groups in total. The normalized spacial score (nSPS) is 11.2. The number of rotatable bonds is 1. The van der Waals surface area contributed by atoms with Crippen LogP contribution in [-0.4, -0.2) is 4.98 Å². The molecule has 1 heteroatoms. The van der Waals surface area contributed by atoms with Crippen molar-refractivity contribution in [3.8, 4) is 0 Å². The van der Waals surface area contributed by atoms with E-state index in [2.05, 4.69) is 24.0 Å². The number of aromatic nitrogens is 1. The molecule has 0 aliphatic heterocycles. The van der Waals surface area contributed by atoms with Crippen LogP contribution in [0.4, 0.5) is 0 Å². The lowest BCUT2D eigenvalue weighted by atomic mass is 10.1. The van der Waals surface area contributed by atoms with Crippen molar-refractivity contribution in [3.05, 3.63) is 55.2 Å². The molecular formula is C12H10N. The molecule has 63 valence electrons. The molecule has 0 saturated heterocycles. The number of allylic oxidation sites excluding steroid dienone is 1. The van der Waals surface area contributed by atoms with Gasteiger partial charge < -0.3 is 0 Å². The minimum atomic E-state index is 1.12. The third kappa shape index (κ3) is 1.45. The Hall–Kier alpha value is -1.63. The first-order chi connectivity index (χ1) is 6.42. The monoisotopic (exact) mass is 168 g/mol. The first-order valence-corrected chi connectivity index (χ1v) is 4.20. The predicted molar refractivity (Wildman–Crippen MR) is 56.1 cm³/mol. The fourth-order valence-corrected chi connectivity index (χ4v) is 1.40. The highest BCUT2D eigenvalue weighted by molar-refractivity contribution is 5.89. The fraction of sp³-hybridized carbons (Fsp3) is 0. The Labute approximate surface area is 77.7 Å². The van der Waals surface area contributed by atoms with Gasteiger partial charge in [-0.3, -0.25) is 4.98 Å². The van der Waals surface area contributed by atoms with Gasteiger partial charge in [0.25, 0.3) is 0 Å². The first kappa shape index (κ1) is 7.99. The average Bonchev–Trinajstić information content (AvgIpc) is 2.19. The second kappa shape index (κ2) is 3.40. The van der Waals surface area contributed by atoms with E-state index in [4.69, 9.17) is 0 Å². The van der Waals surface area contributed by atoms with Gasteiger partial charge in [0.2, 0.25) is 0 Å². The Kier molecular flexibility index (Phi) is 2.09. The molecule has 0 bridgehead atoms. The topological polar surface area (TPSA) is 12.9 Å². The smallest absolute Gasteiger partial charge is 0.0346 e. The second-order valence-electron chi connectivity index (χ2n) is 2.85. The van der Waals surface area contributed by atoms with Gasteiger partial charge >= 0.3 is 0 Å². The molecule has 1 aromatic heterocycles. The van der Waals surface area contributed by atoms with Gasteiger partial charge in [0.1, 0.15) is 0 Å². The highest BCUT2D eigenvalue weighted by Gasteiger charge is 1.95. The second-order valence-corrected chi connectivity index (χ2v) is 2.85. The van der Waals surface area contributed by atoms with Gasteiger partial charge in [-0.2, -0.15) is 0 Å².